The van der Waals surface area contributed by atoms with Crippen LogP contribution >= 0.6 is 0 Å². The number of ether oxygens (including phenoxy) is 1. The molecular weight excluding hydrogens is 274 g/mol. The quantitative estimate of drug-likeness (QED) is 0.768. The van der Waals surface area contributed by atoms with Crippen LogP contribution in [0, 0.1) is 11.8 Å². The van der Waals surface area contributed by atoms with Gasteiger partial charge < -0.3 is 9.64 Å². The van der Waals surface area contributed by atoms with Gasteiger partial charge in [0.15, 0.2) is 0 Å². The highest BCUT2D eigenvalue weighted by molar-refractivity contribution is 5.39. The van der Waals surface area contributed by atoms with E-state index in [-0.39, 0.29) is 0 Å². The van der Waals surface area contributed by atoms with Crippen molar-refractivity contribution in [3.63, 3.8) is 0 Å². The van der Waals surface area contributed by atoms with Crippen molar-refractivity contribution in [2.75, 3.05) is 26.2 Å². The first-order valence-electron chi connectivity index (χ1n) is 7.57. The molecule has 0 atom stereocenters. The van der Waals surface area contributed by atoms with Crippen molar-refractivity contribution in [3.05, 3.63) is 53.7 Å². The van der Waals surface area contributed by atoms with Crippen LogP contribution in [-0.2, 0) is 0 Å². The lowest BCUT2D eigenvalue weighted by atomic mass is 10.2. The van der Waals surface area contributed by atoms with E-state index in [1.807, 2.05) is 42.5 Å². The van der Waals surface area contributed by atoms with Crippen LogP contribution in [0.25, 0.3) is 0 Å². The Morgan fingerprint density at radius 2 is 1.73 bits per heavy atom. The van der Waals surface area contributed by atoms with Crippen LogP contribution in [0.3, 0.4) is 0 Å². The highest BCUT2D eigenvalue weighted by Gasteiger charge is 2.01. The average Bonchev–Trinajstić information content (AvgIpc) is 2.59. The van der Waals surface area contributed by atoms with Gasteiger partial charge in [0.2, 0.25) is 5.88 Å². The maximum absolute atomic E-state index is 5.59. The number of hydrogen-bond donors (Lipinski definition) is 0. The summed E-state index contributed by atoms with van der Waals surface area (Å²) in [4.78, 5) is 2.30. The van der Waals surface area contributed by atoms with Crippen molar-refractivity contribution in [1.29, 1.82) is 0 Å². The molecule has 0 N–H and O–H groups in total. The minimum Gasteiger partial charge on any atom is -0.475 e. The summed E-state index contributed by atoms with van der Waals surface area (Å²) in [5.74, 6) is 6.59. The molecule has 0 fully saturated rings. The predicted octanol–water partition coefficient (Wildman–Crippen LogP) is 2.60. The summed E-state index contributed by atoms with van der Waals surface area (Å²) in [6.45, 7) is 7.85. The Labute approximate surface area is 132 Å². The van der Waals surface area contributed by atoms with Gasteiger partial charge in [-0.25, -0.2) is 0 Å². The smallest absolute Gasteiger partial charge is 0.233 e. The van der Waals surface area contributed by atoms with Gasteiger partial charge in [0, 0.05) is 18.2 Å². The van der Waals surface area contributed by atoms with E-state index < -0.39 is 0 Å². The topological polar surface area (TPSA) is 38.2 Å². The fraction of sp³-hybridized carbons (Fsp3) is 0.333. The Morgan fingerprint density at radius 3 is 2.36 bits per heavy atom. The molecule has 4 heteroatoms. The van der Waals surface area contributed by atoms with Gasteiger partial charge in [0.05, 0.1) is 0 Å². The Kier molecular flexibility index (Phi) is 6.40. The van der Waals surface area contributed by atoms with Gasteiger partial charge in [-0.3, -0.25) is 0 Å². The molecule has 0 aliphatic rings. The zero-order chi connectivity index (χ0) is 15.6. The van der Waals surface area contributed by atoms with Crippen LogP contribution in [0.1, 0.15) is 25.1 Å². The molecule has 0 spiro atoms. The second-order valence-corrected chi connectivity index (χ2v) is 4.75. The zero-order valence-corrected chi connectivity index (χ0v) is 13.1. The zero-order valence-electron chi connectivity index (χ0n) is 13.1. The number of benzene rings is 1. The minimum absolute atomic E-state index is 0.539. The SMILES string of the molecule is CCN(CC)CCOc1ccc(C#Cc2ccccc2)nn1. The monoisotopic (exact) mass is 295 g/mol. The molecule has 1 heterocycles. The second-order valence-electron chi connectivity index (χ2n) is 4.75. The van der Waals surface area contributed by atoms with Gasteiger partial charge in [0.25, 0.3) is 0 Å². The van der Waals surface area contributed by atoms with Crippen molar-refractivity contribution in [2.24, 2.45) is 0 Å². The third-order valence-corrected chi connectivity index (χ3v) is 3.30. The van der Waals surface area contributed by atoms with E-state index in [9.17, 15) is 0 Å². The van der Waals surface area contributed by atoms with Crippen LogP contribution in [-0.4, -0.2) is 41.3 Å². The molecular formula is C18H21N3O. The van der Waals surface area contributed by atoms with Gasteiger partial charge in [-0.15, -0.1) is 10.2 Å². The normalized spacial score (nSPS) is 10.1. The van der Waals surface area contributed by atoms with Gasteiger partial charge in [-0.1, -0.05) is 38.0 Å². The second kappa shape index (κ2) is 8.81. The molecule has 0 radical (unpaired) electrons. The largest absolute Gasteiger partial charge is 0.475 e. The molecule has 2 rings (SSSR count). The standard InChI is InChI=1S/C18H21N3O/c1-3-21(4-2)14-15-22-18-13-12-17(19-20-18)11-10-16-8-6-5-7-9-16/h5-9,12-13H,3-4,14-15H2,1-2H3. The maximum Gasteiger partial charge on any atom is 0.233 e. The fourth-order valence-electron chi connectivity index (χ4n) is 1.94. The third kappa shape index (κ3) is 5.19. The summed E-state index contributed by atoms with van der Waals surface area (Å²) in [5, 5.41) is 8.12. The summed E-state index contributed by atoms with van der Waals surface area (Å²) >= 11 is 0. The lowest BCUT2D eigenvalue weighted by Gasteiger charge is -2.17. The number of hydrogen-bond acceptors (Lipinski definition) is 4. The van der Waals surface area contributed by atoms with Crippen molar-refractivity contribution in [1.82, 2.24) is 15.1 Å². The molecule has 4 nitrogen and oxygen atoms in total. The molecule has 114 valence electrons. The molecule has 2 aromatic rings. The summed E-state index contributed by atoms with van der Waals surface area (Å²) in [6, 6.07) is 13.5. The van der Waals surface area contributed by atoms with Crippen LogP contribution < -0.4 is 4.74 Å². The number of nitrogens with zero attached hydrogens (tertiary/aromatic N) is 3. The lowest BCUT2D eigenvalue weighted by Crippen LogP contribution is -2.28. The van der Waals surface area contributed by atoms with Gasteiger partial charge in [-0.05, 0) is 37.2 Å². The van der Waals surface area contributed by atoms with Crippen molar-refractivity contribution in [3.8, 4) is 17.7 Å². The summed E-state index contributed by atoms with van der Waals surface area (Å²) in [7, 11) is 0. The summed E-state index contributed by atoms with van der Waals surface area (Å²) < 4.78 is 5.59. The van der Waals surface area contributed by atoms with E-state index in [1.165, 1.54) is 0 Å². The first-order chi connectivity index (χ1) is 10.8. The lowest BCUT2D eigenvalue weighted by molar-refractivity contribution is 0.216. The molecule has 0 amide bonds. The van der Waals surface area contributed by atoms with Crippen molar-refractivity contribution < 1.29 is 4.74 Å². The van der Waals surface area contributed by atoms with Gasteiger partial charge in [0.1, 0.15) is 12.3 Å². The van der Waals surface area contributed by atoms with Crippen molar-refractivity contribution in [2.45, 2.75) is 13.8 Å². The minimum atomic E-state index is 0.539. The molecule has 1 aromatic carbocycles. The van der Waals surface area contributed by atoms with Crippen molar-refractivity contribution >= 4 is 0 Å². The first kappa shape index (κ1) is 16.0. The Balaban J connectivity index is 1.87. The van der Waals surface area contributed by atoms with E-state index in [0.29, 0.717) is 18.2 Å². The molecule has 1 aromatic heterocycles. The Morgan fingerprint density at radius 1 is 0.955 bits per heavy atom. The summed E-state index contributed by atoms with van der Waals surface area (Å²) in [6.07, 6.45) is 0. The molecule has 0 saturated carbocycles. The van der Waals surface area contributed by atoms with E-state index in [2.05, 4.69) is 40.8 Å². The molecule has 0 saturated heterocycles. The summed E-state index contributed by atoms with van der Waals surface area (Å²) in [5.41, 5.74) is 1.60. The molecule has 0 aliphatic carbocycles. The average molecular weight is 295 g/mol. The number of rotatable bonds is 6. The van der Waals surface area contributed by atoms with E-state index >= 15 is 0 Å². The first-order valence-corrected chi connectivity index (χ1v) is 7.57. The third-order valence-electron chi connectivity index (χ3n) is 3.30. The van der Waals surface area contributed by atoms with E-state index in [1.54, 1.807) is 0 Å². The molecule has 22 heavy (non-hydrogen) atoms. The maximum atomic E-state index is 5.59. The number of likely N-dealkylation sites (N-methyl/N-ethyl adjacent to an activating group) is 1. The van der Waals surface area contributed by atoms with Crippen LogP contribution in [0.4, 0.5) is 0 Å². The fourth-order valence-corrected chi connectivity index (χ4v) is 1.94. The van der Waals surface area contributed by atoms with Crippen LogP contribution in [0.2, 0.25) is 0 Å². The number of aromatic nitrogens is 2. The van der Waals surface area contributed by atoms with Crippen LogP contribution in [0.15, 0.2) is 42.5 Å². The van der Waals surface area contributed by atoms with E-state index in [0.717, 1.165) is 25.2 Å². The molecule has 0 unspecified atom stereocenters. The highest BCUT2D eigenvalue weighted by atomic mass is 16.5. The van der Waals surface area contributed by atoms with Gasteiger partial charge >= 0.3 is 0 Å². The Hall–Kier alpha value is -2.38. The highest BCUT2D eigenvalue weighted by Crippen LogP contribution is 2.04. The molecule has 0 aliphatic heterocycles. The van der Waals surface area contributed by atoms with Gasteiger partial charge in [-0.2, -0.15) is 0 Å². The van der Waals surface area contributed by atoms with Crippen LogP contribution in [0.5, 0.6) is 5.88 Å². The molecule has 0 bridgehead atoms. The Bertz CT molecular complexity index is 610. The predicted molar refractivity (Wildman–Crippen MR) is 87.7 cm³/mol. The van der Waals surface area contributed by atoms with E-state index in [4.69, 9.17) is 4.74 Å².